The maximum atomic E-state index is 12.9. The fourth-order valence-electron chi connectivity index (χ4n) is 3.21. The Morgan fingerprint density at radius 3 is 2.68 bits per heavy atom. The largest absolute Gasteiger partial charge is 0.327 e. The second kappa shape index (κ2) is 7.18. The zero-order chi connectivity index (χ0) is 17.8. The standard InChI is InChI=1S/C20H19N3O2/c1-2-22(19(24)16-8-6-7-15(13-16)14-21)18-11-12-23(20(18)25)17-9-4-3-5-10-17/h3-10,13,18H,2,11-12H2,1H3/t18-/m1/s1. The number of benzene rings is 2. The van der Waals surface area contributed by atoms with Crippen molar-refractivity contribution in [2.24, 2.45) is 0 Å². The van der Waals surface area contributed by atoms with E-state index in [2.05, 4.69) is 0 Å². The molecule has 25 heavy (non-hydrogen) atoms. The van der Waals surface area contributed by atoms with Gasteiger partial charge in [0, 0.05) is 24.3 Å². The third-order valence-electron chi connectivity index (χ3n) is 4.46. The maximum absolute atomic E-state index is 12.9. The summed E-state index contributed by atoms with van der Waals surface area (Å²) < 4.78 is 0. The van der Waals surface area contributed by atoms with Gasteiger partial charge in [-0.15, -0.1) is 0 Å². The van der Waals surface area contributed by atoms with E-state index in [1.165, 1.54) is 0 Å². The first-order chi connectivity index (χ1) is 12.2. The molecule has 0 bridgehead atoms. The Bertz CT molecular complexity index is 826. The average molecular weight is 333 g/mol. The van der Waals surface area contributed by atoms with E-state index in [9.17, 15) is 9.59 Å². The third-order valence-corrected chi connectivity index (χ3v) is 4.46. The van der Waals surface area contributed by atoms with E-state index < -0.39 is 6.04 Å². The fraction of sp³-hybridized carbons (Fsp3) is 0.250. The van der Waals surface area contributed by atoms with Gasteiger partial charge in [-0.05, 0) is 43.7 Å². The minimum atomic E-state index is -0.469. The van der Waals surface area contributed by atoms with Gasteiger partial charge in [0.1, 0.15) is 6.04 Å². The zero-order valence-electron chi connectivity index (χ0n) is 14.1. The average Bonchev–Trinajstić information content (AvgIpc) is 3.04. The van der Waals surface area contributed by atoms with Crippen LogP contribution < -0.4 is 4.90 Å². The number of hydrogen-bond donors (Lipinski definition) is 0. The van der Waals surface area contributed by atoms with Crippen LogP contribution in [0.3, 0.4) is 0 Å². The highest BCUT2D eigenvalue weighted by atomic mass is 16.2. The normalized spacial score (nSPS) is 16.6. The molecule has 3 rings (SSSR count). The Kier molecular flexibility index (Phi) is 4.80. The zero-order valence-corrected chi connectivity index (χ0v) is 14.1. The number of anilines is 1. The highest BCUT2D eigenvalue weighted by Crippen LogP contribution is 2.25. The van der Waals surface area contributed by atoms with Crippen LogP contribution in [0.25, 0.3) is 0 Å². The summed E-state index contributed by atoms with van der Waals surface area (Å²) in [4.78, 5) is 29.0. The first-order valence-corrected chi connectivity index (χ1v) is 8.33. The summed E-state index contributed by atoms with van der Waals surface area (Å²) >= 11 is 0. The Hall–Kier alpha value is -3.13. The number of carbonyl (C=O) groups excluding carboxylic acids is 2. The van der Waals surface area contributed by atoms with Crippen molar-refractivity contribution in [2.45, 2.75) is 19.4 Å². The van der Waals surface area contributed by atoms with Crippen LogP contribution in [0.4, 0.5) is 5.69 Å². The minimum Gasteiger partial charge on any atom is -0.327 e. The van der Waals surface area contributed by atoms with Crippen molar-refractivity contribution in [3.8, 4) is 6.07 Å². The van der Waals surface area contributed by atoms with Gasteiger partial charge in [0.25, 0.3) is 5.91 Å². The fourth-order valence-corrected chi connectivity index (χ4v) is 3.21. The van der Waals surface area contributed by atoms with Crippen molar-refractivity contribution in [2.75, 3.05) is 18.0 Å². The smallest absolute Gasteiger partial charge is 0.254 e. The molecule has 0 unspecified atom stereocenters. The first-order valence-electron chi connectivity index (χ1n) is 8.33. The van der Waals surface area contributed by atoms with Crippen molar-refractivity contribution in [1.82, 2.24) is 4.90 Å². The number of likely N-dealkylation sites (N-methyl/N-ethyl adjacent to an activating group) is 1. The predicted molar refractivity (Wildman–Crippen MR) is 95.1 cm³/mol. The highest BCUT2D eigenvalue weighted by Gasteiger charge is 2.38. The molecule has 1 saturated heterocycles. The Morgan fingerprint density at radius 2 is 2.00 bits per heavy atom. The van der Waals surface area contributed by atoms with E-state index in [0.717, 1.165) is 5.69 Å². The quantitative estimate of drug-likeness (QED) is 0.864. The maximum Gasteiger partial charge on any atom is 0.254 e. The monoisotopic (exact) mass is 333 g/mol. The van der Waals surface area contributed by atoms with Gasteiger partial charge in [0.2, 0.25) is 5.91 Å². The summed E-state index contributed by atoms with van der Waals surface area (Å²) in [6, 6.07) is 17.7. The molecule has 2 aromatic rings. The van der Waals surface area contributed by atoms with E-state index in [4.69, 9.17) is 5.26 Å². The van der Waals surface area contributed by atoms with Crippen molar-refractivity contribution < 1.29 is 9.59 Å². The van der Waals surface area contributed by atoms with Gasteiger partial charge in [0.05, 0.1) is 11.6 Å². The molecule has 5 heteroatoms. The van der Waals surface area contributed by atoms with E-state index >= 15 is 0 Å². The topological polar surface area (TPSA) is 64.4 Å². The molecular weight excluding hydrogens is 314 g/mol. The molecular formula is C20H19N3O2. The van der Waals surface area contributed by atoms with Gasteiger partial charge in [0.15, 0.2) is 0 Å². The lowest BCUT2D eigenvalue weighted by Crippen LogP contribution is -2.45. The molecule has 126 valence electrons. The lowest BCUT2D eigenvalue weighted by molar-refractivity contribution is -0.120. The lowest BCUT2D eigenvalue weighted by Gasteiger charge is -2.27. The summed E-state index contributed by atoms with van der Waals surface area (Å²) in [6.07, 6.45) is 0.602. The summed E-state index contributed by atoms with van der Waals surface area (Å²) in [5, 5.41) is 9.02. The number of nitrogens with zero attached hydrogens (tertiary/aromatic N) is 3. The molecule has 0 saturated carbocycles. The number of carbonyl (C=O) groups is 2. The summed E-state index contributed by atoms with van der Waals surface area (Å²) in [7, 11) is 0. The number of rotatable bonds is 4. The van der Waals surface area contributed by atoms with Gasteiger partial charge in [-0.3, -0.25) is 9.59 Å². The van der Waals surface area contributed by atoms with Crippen molar-refractivity contribution in [1.29, 1.82) is 5.26 Å². The van der Waals surface area contributed by atoms with Crippen LogP contribution in [0.2, 0.25) is 0 Å². The SMILES string of the molecule is CCN(C(=O)c1cccc(C#N)c1)[C@@H]1CCN(c2ccccc2)C1=O. The van der Waals surface area contributed by atoms with E-state index in [1.807, 2.05) is 43.3 Å². The molecule has 2 aromatic carbocycles. The number of hydrogen-bond acceptors (Lipinski definition) is 3. The number of amides is 2. The second-order valence-electron chi connectivity index (χ2n) is 5.91. The summed E-state index contributed by atoms with van der Waals surface area (Å²) in [6.45, 7) is 2.90. The second-order valence-corrected chi connectivity index (χ2v) is 5.91. The van der Waals surface area contributed by atoms with Crippen LogP contribution in [-0.4, -0.2) is 35.8 Å². The Morgan fingerprint density at radius 1 is 1.24 bits per heavy atom. The molecule has 1 aliphatic heterocycles. The molecule has 1 aliphatic rings. The van der Waals surface area contributed by atoms with Gasteiger partial charge >= 0.3 is 0 Å². The van der Waals surface area contributed by atoms with Crippen LogP contribution in [0.5, 0.6) is 0 Å². The molecule has 1 heterocycles. The molecule has 2 amide bonds. The minimum absolute atomic E-state index is 0.0576. The molecule has 1 fully saturated rings. The lowest BCUT2D eigenvalue weighted by atomic mass is 10.1. The van der Waals surface area contributed by atoms with Crippen molar-refractivity contribution in [3.05, 3.63) is 65.7 Å². The number of para-hydroxylation sites is 1. The van der Waals surface area contributed by atoms with Gasteiger partial charge in [-0.2, -0.15) is 5.26 Å². The molecule has 0 aliphatic carbocycles. The van der Waals surface area contributed by atoms with Crippen molar-refractivity contribution >= 4 is 17.5 Å². The van der Waals surface area contributed by atoms with Gasteiger partial charge < -0.3 is 9.80 Å². The van der Waals surface area contributed by atoms with Crippen LogP contribution in [0.15, 0.2) is 54.6 Å². The Balaban J connectivity index is 1.83. The number of nitriles is 1. The van der Waals surface area contributed by atoms with Gasteiger partial charge in [-0.1, -0.05) is 24.3 Å². The molecule has 0 radical (unpaired) electrons. The van der Waals surface area contributed by atoms with E-state index in [1.54, 1.807) is 34.1 Å². The predicted octanol–water partition coefficient (Wildman–Crippen LogP) is 2.83. The third kappa shape index (κ3) is 3.24. The van der Waals surface area contributed by atoms with Crippen molar-refractivity contribution in [3.63, 3.8) is 0 Å². The van der Waals surface area contributed by atoms with Crippen LogP contribution in [-0.2, 0) is 4.79 Å². The molecule has 0 N–H and O–H groups in total. The molecule has 1 atom stereocenters. The molecule has 0 aromatic heterocycles. The molecule has 0 spiro atoms. The van der Waals surface area contributed by atoms with E-state index in [0.29, 0.717) is 30.6 Å². The summed E-state index contributed by atoms with van der Waals surface area (Å²) in [5.74, 6) is -0.273. The van der Waals surface area contributed by atoms with Crippen LogP contribution >= 0.6 is 0 Å². The van der Waals surface area contributed by atoms with Crippen LogP contribution in [0, 0.1) is 11.3 Å². The van der Waals surface area contributed by atoms with Gasteiger partial charge in [-0.25, -0.2) is 0 Å². The van der Waals surface area contributed by atoms with E-state index in [-0.39, 0.29) is 11.8 Å². The summed E-state index contributed by atoms with van der Waals surface area (Å²) in [5.41, 5.74) is 1.72. The first kappa shape index (κ1) is 16.7. The molecule has 5 nitrogen and oxygen atoms in total. The highest BCUT2D eigenvalue weighted by molar-refractivity contribution is 6.04. The van der Waals surface area contributed by atoms with Crippen LogP contribution in [0.1, 0.15) is 29.3 Å². The Labute approximate surface area is 147 Å².